The van der Waals surface area contributed by atoms with Crippen LogP contribution in [0.2, 0.25) is 0 Å². The zero-order chi connectivity index (χ0) is 22.2. The third kappa shape index (κ3) is 4.96. The third-order valence-electron chi connectivity index (χ3n) is 5.46. The summed E-state index contributed by atoms with van der Waals surface area (Å²) in [7, 11) is -1.39. The van der Waals surface area contributed by atoms with Crippen LogP contribution in [0.15, 0.2) is 39.1 Å². The van der Waals surface area contributed by atoms with E-state index in [1.54, 1.807) is 12.1 Å². The average Bonchev–Trinajstić information content (AvgIpc) is 2.89. The van der Waals surface area contributed by atoms with Gasteiger partial charge in [-0.05, 0) is 0 Å². The number of halogens is 1. The molecule has 0 saturated carbocycles. The van der Waals surface area contributed by atoms with Crippen molar-refractivity contribution in [3.63, 3.8) is 0 Å². The molecule has 6 nitrogen and oxygen atoms in total. The van der Waals surface area contributed by atoms with Crippen LogP contribution in [0.4, 0.5) is 0 Å². The van der Waals surface area contributed by atoms with Crippen molar-refractivity contribution in [2.75, 3.05) is 12.9 Å². The molecule has 0 radical (unpaired) electrons. The summed E-state index contributed by atoms with van der Waals surface area (Å²) in [4.78, 5) is 11.9. The summed E-state index contributed by atoms with van der Waals surface area (Å²) in [5.74, 6) is -0.108. The molecule has 1 fully saturated rings. The predicted octanol–water partition coefficient (Wildman–Crippen LogP) is -1.06. The molecular formula is C23H26IN2O4S-. The van der Waals surface area contributed by atoms with E-state index in [2.05, 4.69) is 24.1 Å². The second-order valence-electron chi connectivity index (χ2n) is 8.00. The van der Waals surface area contributed by atoms with Gasteiger partial charge in [0.2, 0.25) is 0 Å². The number of nitrogens with one attached hydrogen (secondary N) is 1. The molecule has 2 aliphatic heterocycles. The Hall–Kier alpha value is -1.91. The number of hydrogen-bond acceptors (Lipinski definition) is 4. The number of aryl methyl sites for hydroxylation is 1. The first-order valence-corrected chi connectivity index (χ1v) is 14.5. The number of ether oxygens (including phenoxy) is 1. The number of carbonyl (C=O) groups excluding carboxylic acids is 1. The van der Waals surface area contributed by atoms with Gasteiger partial charge in [0.05, 0.1) is 0 Å². The zero-order valence-electron chi connectivity index (χ0n) is 17.8. The van der Waals surface area contributed by atoms with Crippen molar-refractivity contribution in [1.82, 2.24) is 9.88 Å². The topological polar surface area (TPSA) is 77.4 Å². The van der Waals surface area contributed by atoms with Gasteiger partial charge in [-0.2, -0.15) is 0 Å². The zero-order valence-corrected chi connectivity index (χ0v) is 20.8. The summed E-state index contributed by atoms with van der Waals surface area (Å²) in [6.07, 6.45) is 8.16. The molecule has 2 aromatic rings. The van der Waals surface area contributed by atoms with E-state index < -0.39 is 9.84 Å². The van der Waals surface area contributed by atoms with Crippen LogP contribution in [0.3, 0.4) is 0 Å². The van der Waals surface area contributed by atoms with Crippen LogP contribution in [-0.4, -0.2) is 31.8 Å². The molecule has 166 valence electrons. The number of carbonyl (C=O) groups is 1. The van der Waals surface area contributed by atoms with Crippen molar-refractivity contribution in [2.45, 2.75) is 37.2 Å². The van der Waals surface area contributed by atoms with Gasteiger partial charge in [0.15, 0.2) is 0 Å². The normalized spacial score (nSPS) is 19.1. The Morgan fingerprint density at radius 3 is 2.71 bits per heavy atom. The van der Waals surface area contributed by atoms with Gasteiger partial charge in [-0.15, -0.1) is 0 Å². The van der Waals surface area contributed by atoms with E-state index in [1.807, 2.05) is 19.3 Å². The fourth-order valence-corrected chi connectivity index (χ4v) is 6.68. The first-order valence-electron chi connectivity index (χ1n) is 10.2. The molecule has 0 spiro atoms. The molecule has 1 aromatic carbocycles. The predicted molar refractivity (Wildman–Crippen MR) is 117 cm³/mol. The summed E-state index contributed by atoms with van der Waals surface area (Å²) in [6, 6.07) is 5.54. The third-order valence-corrected chi connectivity index (χ3v) is 8.53. The quantitative estimate of drug-likeness (QED) is 0.490. The molecule has 31 heavy (non-hydrogen) atoms. The molecule has 4 rings (SSSR count). The maximum atomic E-state index is 12.5. The molecule has 1 amide bonds. The number of amides is 1. The van der Waals surface area contributed by atoms with Gasteiger partial charge in [-0.1, -0.05) is 0 Å². The SMILES string of the molecule is CC(=O)NC1=C[I-]C=c2c(c(-c3cc(C4CCCCO4)cc(S(C)(=O)=O)c3)cn2C)=C1. The second-order valence-corrected chi connectivity index (χ2v) is 12.0. The van der Waals surface area contributed by atoms with Gasteiger partial charge in [-0.3, -0.25) is 0 Å². The van der Waals surface area contributed by atoms with Gasteiger partial charge in [-0.25, -0.2) is 0 Å². The molecule has 2 aliphatic rings. The fourth-order valence-electron chi connectivity index (χ4n) is 3.97. The molecule has 0 bridgehead atoms. The van der Waals surface area contributed by atoms with Crippen LogP contribution < -0.4 is 37.1 Å². The Labute approximate surface area is 192 Å². The number of aromatic nitrogens is 1. The number of hydrogen-bond donors (Lipinski definition) is 1. The van der Waals surface area contributed by atoms with Crippen LogP contribution >= 0.6 is 0 Å². The fraction of sp³-hybridized carbons (Fsp3) is 0.348. The summed E-state index contributed by atoms with van der Waals surface area (Å²) < 4.78 is 37.2. The molecular weight excluding hydrogens is 527 g/mol. The first-order chi connectivity index (χ1) is 14.7. The van der Waals surface area contributed by atoms with E-state index in [0.29, 0.717) is 11.5 Å². The minimum absolute atomic E-state index is 0.0900. The summed E-state index contributed by atoms with van der Waals surface area (Å²) >= 11 is -0.360. The maximum absolute atomic E-state index is 12.5. The number of allylic oxidation sites excluding steroid dienone is 1. The monoisotopic (exact) mass is 553 g/mol. The summed E-state index contributed by atoms with van der Waals surface area (Å²) in [5, 5.41) is 4.97. The van der Waals surface area contributed by atoms with E-state index in [4.69, 9.17) is 4.74 Å². The Bertz CT molecular complexity index is 1290. The van der Waals surface area contributed by atoms with E-state index >= 15 is 0 Å². The summed E-state index contributed by atoms with van der Waals surface area (Å²) in [5.41, 5.74) is 3.48. The molecule has 1 atom stereocenters. The van der Waals surface area contributed by atoms with Crippen molar-refractivity contribution < 1.29 is 39.2 Å². The molecule has 8 heteroatoms. The van der Waals surface area contributed by atoms with Gasteiger partial charge < -0.3 is 0 Å². The van der Waals surface area contributed by atoms with Crippen molar-refractivity contribution in [2.24, 2.45) is 7.05 Å². The Balaban J connectivity index is 1.92. The van der Waals surface area contributed by atoms with Crippen molar-refractivity contribution >= 4 is 25.9 Å². The van der Waals surface area contributed by atoms with E-state index in [-0.39, 0.29) is 33.2 Å². The van der Waals surface area contributed by atoms with Crippen molar-refractivity contribution in [1.29, 1.82) is 0 Å². The van der Waals surface area contributed by atoms with Crippen LogP contribution in [0.25, 0.3) is 21.3 Å². The number of benzene rings is 1. The minimum atomic E-state index is -3.39. The molecule has 0 aliphatic carbocycles. The Morgan fingerprint density at radius 1 is 1.23 bits per heavy atom. The van der Waals surface area contributed by atoms with E-state index in [0.717, 1.165) is 52.2 Å². The number of fused-ring (bicyclic) bond motifs is 1. The number of rotatable bonds is 4. The Morgan fingerprint density at radius 2 is 2.03 bits per heavy atom. The summed E-state index contributed by atoms with van der Waals surface area (Å²) in [6.45, 7) is 2.20. The van der Waals surface area contributed by atoms with E-state index in [1.165, 1.54) is 13.2 Å². The number of sulfone groups is 1. The standard InChI is InChI=1S/C23H26IN2O4S/c1-15(27)25-18-11-20-21(14-26(2)22(20)13-24-12-18)16-8-17(23-6-4-5-7-30-23)10-19(9-16)31(3,28)29/h8-14,23H,4-7H2,1-3H3,(H,25,27)/q-1. The Kier molecular flexibility index (Phi) is 6.41. The van der Waals surface area contributed by atoms with Crippen LogP contribution in [0.1, 0.15) is 37.9 Å². The molecule has 1 unspecified atom stereocenters. The van der Waals surface area contributed by atoms with Crippen LogP contribution in [0.5, 0.6) is 0 Å². The molecule has 1 N–H and O–H groups in total. The van der Waals surface area contributed by atoms with Gasteiger partial charge in [0, 0.05) is 0 Å². The molecule has 3 heterocycles. The van der Waals surface area contributed by atoms with Gasteiger partial charge in [0.1, 0.15) is 0 Å². The van der Waals surface area contributed by atoms with Gasteiger partial charge in [0.25, 0.3) is 0 Å². The van der Waals surface area contributed by atoms with Gasteiger partial charge >= 0.3 is 193 Å². The molecule has 1 saturated heterocycles. The molecule has 1 aromatic heterocycles. The first kappa shape index (κ1) is 22.3. The van der Waals surface area contributed by atoms with Crippen LogP contribution in [-0.2, 0) is 26.4 Å². The van der Waals surface area contributed by atoms with Crippen molar-refractivity contribution in [3.05, 3.63) is 50.3 Å². The second kappa shape index (κ2) is 8.91. The van der Waals surface area contributed by atoms with Crippen molar-refractivity contribution in [3.8, 4) is 11.1 Å². The average molecular weight is 553 g/mol. The van der Waals surface area contributed by atoms with E-state index in [9.17, 15) is 13.2 Å². The van der Waals surface area contributed by atoms with Crippen LogP contribution in [0, 0.1) is 0 Å². The number of nitrogens with zero attached hydrogens (tertiary/aromatic N) is 1.